The fraction of sp³-hybridized carbons (Fsp3) is 0.455. The van der Waals surface area contributed by atoms with Crippen LogP contribution in [0.2, 0.25) is 5.02 Å². The van der Waals surface area contributed by atoms with E-state index < -0.39 is 5.82 Å². The fourth-order valence-corrected chi connectivity index (χ4v) is 4.41. The molecule has 0 bridgehead atoms. The van der Waals surface area contributed by atoms with Crippen molar-refractivity contribution in [2.45, 2.75) is 57.9 Å². The highest BCUT2D eigenvalue weighted by Gasteiger charge is 2.28. The summed E-state index contributed by atoms with van der Waals surface area (Å²) in [6.45, 7) is 2.01. The maximum absolute atomic E-state index is 14.6. The number of aromatic nitrogens is 4. The minimum Gasteiger partial charge on any atom is -0.364 e. The lowest BCUT2D eigenvalue weighted by molar-refractivity contribution is -0.120. The molecule has 1 saturated carbocycles. The van der Waals surface area contributed by atoms with E-state index in [0.29, 0.717) is 34.9 Å². The van der Waals surface area contributed by atoms with Crippen LogP contribution < -0.4 is 5.32 Å². The highest BCUT2D eigenvalue weighted by molar-refractivity contribution is 6.31. The van der Waals surface area contributed by atoms with Crippen molar-refractivity contribution in [2.75, 3.05) is 5.32 Å². The molecule has 1 aliphatic carbocycles. The number of ketones is 1. The van der Waals surface area contributed by atoms with Gasteiger partial charge in [-0.1, -0.05) is 31.4 Å². The molecular weight excluding hydrogens is 405 g/mol. The summed E-state index contributed by atoms with van der Waals surface area (Å²) < 4.78 is 14.6. The topological polar surface area (TPSA) is 83.6 Å². The standard InChI is InChI=1S/C22H25ClFN5O/c1-2-5-15(30)8-13-6-3-4-7-19(13)28-22-18(24)12-27-21(29-22)17-11-26-20-16(17)9-14(23)10-25-20/h9-13,19H,2-8H2,1H3,(H,25,26)(H,27,28,29). The molecule has 3 heterocycles. The Labute approximate surface area is 179 Å². The van der Waals surface area contributed by atoms with E-state index in [1.807, 2.05) is 6.92 Å². The third kappa shape index (κ3) is 4.46. The first kappa shape index (κ1) is 20.7. The molecule has 1 aliphatic rings. The van der Waals surface area contributed by atoms with Crippen LogP contribution in [-0.4, -0.2) is 31.8 Å². The molecule has 4 rings (SSSR count). The Morgan fingerprint density at radius 2 is 2.13 bits per heavy atom. The van der Waals surface area contributed by atoms with Gasteiger partial charge in [0, 0.05) is 42.2 Å². The molecule has 3 aromatic rings. The summed E-state index contributed by atoms with van der Waals surface area (Å²) in [5.41, 5.74) is 1.37. The van der Waals surface area contributed by atoms with Gasteiger partial charge in [0.15, 0.2) is 17.5 Å². The number of nitrogens with zero attached hydrogens (tertiary/aromatic N) is 3. The number of fused-ring (bicyclic) bond motifs is 1. The molecule has 0 amide bonds. The molecule has 2 atom stereocenters. The van der Waals surface area contributed by atoms with Gasteiger partial charge in [-0.05, 0) is 31.2 Å². The summed E-state index contributed by atoms with van der Waals surface area (Å²) in [6, 6.07) is 1.81. The Balaban J connectivity index is 1.59. The predicted octanol–water partition coefficient (Wildman–Crippen LogP) is 5.54. The molecule has 0 spiro atoms. The molecule has 6 nitrogen and oxygen atoms in total. The zero-order valence-corrected chi connectivity index (χ0v) is 17.7. The van der Waals surface area contributed by atoms with E-state index >= 15 is 0 Å². The van der Waals surface area contributed by atoms with Crippen molar-refractivity contribution < 1.29 is 9.18 Å². The first-order valence-corrected chi connectivity index (χ1v) is 10.9. The SMILES string of the molecule is CCCC(=O)CC1CCCCC1Nc1nc(-c2c[nH]c3ncc(Cl)cc23)ncc1F. The van der Waals surface area contributed by atoms with E-state index in [9.17, 15) is 9.18 Å². The van der Waals surface area contributed by atoms with Crippen LogP contribution in [0.5, 0.6) is 0 Å². The Kier molecular flexibility index (Phi) is 6.27. The number of H-pyrrole nitrogens is 1. The molecule has 30 heavy (non-hydrogen) atoms. The zero-order valence-electron chi connectivity index (χ0n) is 16.9. The van der Waals surface area contributed by atoms with E-state index in [4.69, 9.17) is 11.6 Å². The number of aromatic amines is 1. The number of Topliss-reactive ketones (excluding diaryl/α,β-unsaturated/α-hetero) is 1. The van der Waals surface area contributed by atoms with Crippen LogP contribution in [0.1, 0.15) is 51.9 Å². The number of hydrogen-bond acceptors (Lipinski definition) is 5. The molecule has 1 fully saturated rings. The lowest BCUT2D eigenvalue weighted by Crippen LogP contribution is -2.34. The smallest absolute Gasteiger partial charge is 0.183 e. The quantitative estimate of drug-likeness (QED) is 0.515. The lowest BCUT2D eigenvalue weighted by Gasteiger charge is -2.32. The highest BCUT2D eigenvalue weighted by Crippen LogP contribution is 2.32. The Morgan fingerprint density at radius 1 is 1.30 bits per heavy atom. The highest BCUT2D eigenvalue weighted by atomic mass is 35.5. The van der Waals surface area contributed by atoms with Gasteiger partial charge in [0.05, 0.1) is 11.2 Å². The summed E-state index contributed by atoms with van der Waals surface area (Å²) in [5.74, 6) is 0.543. The molecular formula is C22H25ClFN5O. The first-order valence-electron chi connectivity index (χ1n) is 10.5. The molecule has 2 unspecified atom stereocenters. The van der Waals surface area contributed by atoms with Crippen molar-refractivity contribution in [3.63, 3.8) is 0 Å². The second-order valence-corrected chi connectivity index (χ2v) is 8.37. The van der Waals surface area contributed by atoms with E-state index in [2.05, 4.69) is 25.3 Å². The summed E-state index contributed by atoms with van der Waals surface area (Å²) >= 11 is 6.08. The third-order valence-corrected chi connectivity index (χ3v) is 5.94. The second-order valence-electron chi connectivity index (χ2n) is 7.93. The fourth-order valence-electron chi connectivity index (χ4n) is 4.25. The third-order valence-electron chi connectivity index (χ3n) is 5.73. The normalized spacial score (nSPS) is 19.2. The van der Waals surface area contributed by atoms with Crippen LogP contribution in [0.3, 0.4) is 0 Å². The van der Waals surface area contributed by atoms with Crippen molar-refractivity contribution in [3.8, 4) is 11.4 Å². The van der Waals surface area contributed by atoms with Crippen molar-refractivity contribution in [2.24, 2.45) is 5.92 Å². The van der Waals surface area contributed by atoms with Gasteiger partial charge in [0.25, 0.3) is 0 Å². The largest absolute Gasteiger partial charge is 0.364 e. The van der Waals surface area contributed by atoms with Crippen LogP contribution in [0.4, 0.5) is 10.2 Å². The van der Waals surface area contributed by atoms with Gasteiger partial charge in [-0.2, -0.15) is 0 Å². The van der Waals surface area contributed by atoms with Crippen molar-refractivity contribution in [1.82, 2.24) is 19.9 Å². The average Bonchev–Trinajstić information content (AvgIpc) is 3.14. The summed E-state index contributed by atoms with van der Waals surface area (Å²) in [5, 5.41) is 4.56. The van der Waals surface area contributed by atoms with Gasteiger partial charge in [0.1, 0.15) is 11.4 Å². The van der Waals surface area contributed by atoms with Crippen LogP contribution in [0, 0.1) is 11.7 Å². The molecule has 0 aliphatic heterocycles. The van der Waals surface area contributed by atoms with Crippen LogP contribution in [0.15, 0.2) is 24.7 Å². The van der Waals surface area contributed by atoms with Gasteiger partial charge in [-0.25, -0.2) is 19.3 Å². The molecule has 0 radical (unpaired) electrons. The molecule has 3 aromatic heterocycles. The number of halogens is 2. The summed E-state index contributed by atoms with van der Waals surface area (Å²) in [6.07, 6.45) is 10.5. The minimum atomic E-state index is -0.501. The number of hydrogen-bond donors (Lipinski definition) is 2. The predicted molar refractivity (Wildman–Crippen MR) is 116 cm³/mol. The number of pyridine rings is 1. The Morgan fingerprint density at radius 3 is 2.97 bits per heavy atom. The van der Waals surface area contributed by atoms with Gasteiger partial charge >= 0.3 is 0 Å². The zero-order chi connectivity index (χ0) is 21.1. The molecule has 0 aromatic carbocycles. The Bertz CT molecular complexity index is 1050. The van der Waals surface area contributed by atoms with Crippen molar-refractivity contribution in [3.05, 3.63) is 35.5 Å². The van der Waals surface area contributed by atoms with Gasteiger partial charge in [-0.15, -0.1) is 0 Å². The van der Waals surface area contributed by atoms with Crippen molar-refractivity contribution in [1.29, 1.82) is 0 Å². The van der Waals surface area contributed by atoms with Crippen LogP contribution >= 0.6 is 11.6 Å². The molecule has 0 saturated heterocycles. The molecule has 2 N–H and O–H groups in total. The van der Waals surface area contributed by atoms with Crippen LogP contribution in [0.25, 0.3) is 22.4 Å². The number of rotatable bonds is 7. The van der Waals surface area contributed by atoms with Gasteiger partial charge in [-0.3, -0.25) is 4.79 Å². The monoisotopic (exact) mass is 429 g/mol. The maximum Gasteiger partial charge on any atom is 0.183 e. The minimum absolute atomic E-state index is 0.0240. The van der Waals surface area contributed by atoms with Gasteiger partial charge in [0.2, 0.25) is 0 Å². The number of nitrogens with one attached hydrogen (secondary N) is 2. The van der Waals surface area contributed by atoms with Crippen LogP contribution in [-0.2, 0) is 4.79 Å². The molecule has 8 heteroatoms. The second kappa shape index (κ2) is 9.08. The van der Waals surface area contributed by atoms with E-state index in [0.717, 1.165) is 37.5 Å². The van der Waals surface area contributed by atoms with Gasteiger partial charge < -0.3 is 10.3 Å². The Hall–Kier alpha value is -2.54. The number of carbonyl (C=O) groups excluding carboxylic acids is 1. The van der Waals surface area contributed by atoms with E-state index in [1.165, 1.54) is 6.20 Å². The molecule has 158 valence electrons. The lowest BCUT2D eigenvalue weighted by atomic mass is 9.81. The van der Waals surface area contributed by atoms with E-state index in [1.54, 1.807) is 18.5 Å². The summed E-state index contributed by atoms with van der Waals surface area (Å²) in [4.78, 5) is 28.1. The van der Waals surface area contributed by atoms with Crippen molar-refractivity contribution >= 4 is 34.2 Å². The summed E-state index contributed by atoms with van der Waals surface area (Å²) in [7, 11) is 0. The first-order chi connectivity index (χ1) is 14.5. The number of anilines is 1. The van der Waals surface area contributed by atoms with E-state index in [-0.39, 0.29) is 23.6 Å². The maximum atomic E-state index is 14.6. The number of carbonyl (C=O) groups is 1. The average molecular weight is 430 g/mol.